The van der Waals surface area contributed by atoms with E-state index in [4.69, 9.17) is 0 Å². The lowest BCUT2D eigenvalue weighted by Crippen LogP contribution is -2.41. The Morgan fingerprint density at radius 1 is 1.45 bits per heavy atom. The van der Waals surface area contributed by atoms with Crippen LogP contribution in [0.5, 0.6) is 0 Å². The Labute approximate surface area is 66.6 Å². The predicted octanol–water partition coefficient (Wildman–Crippen LogP) is 0.559. The summed E-state index contributed by atoms with van der Waals surface area (Å²) in [6.45, 7) is 6.58. The standard InChI is InChI=1S/C7H12N2O2/c1-5(2)9(4)7(11)8-6(3)10/h5H,3-4H2,1-2H3,(H,8,10,11). The Bertz CT molecular complexity index is 166. The molecular weight excluding hydrogens is 144 g/mol. The average Bonchev–Trinajstić information content (AvgIpc) is 1.84. The molecule has 0 bridgehead atoms. The second kappa shape index (κ2) is 3.95. The molecule has 0 aliphatic heterocycles. The minimum absolute atomic E-state index is 0.0330. The summed E-state index contributed by atoms with van der Waals surface area (Å²) in [5.41, 5.74) is 0. The number of carbonyl (C=O) groups is 2. The van der Waals surface area contributed by atoms with Crippen molar-refractivity contribution in [3.05, 3.63) is 14.0 Å². The molecule has 0 fully saturated rings. The third-order valence-electron chi connectivity index (χ3n) is 1.13. The van der Waals surface area contributed by atoms with Crippen molar-refractivity contribution in [2.45, 2.75) is 19.9 Å². The van der Waals surface area contributed by atoms with E-state index >= 15 is 0 Å². The molecule has 2 radical (unpaired) electrons. The monoisotopic (exact) mass is 156 g/mol. The number of nitrogens with zero attached hydrogens (tertiary/aromatic N) is 1. The van der Waals surface area contributed by atoms with Gasteiger partial charge in [-0.1, -0.05) is 0 Å². The Hall–Kier alpha value is -1.06. The molecule has 1 N–H and O–H groups in total. The van der Waals surface area contributed by atoms with Crippen LogP contribution >= 0.6 is 0 Å². The van der Waals surface area contributed by atoms with Gasteiger partial charge in [-0.25, -0.2) is 4.79 Å². The number of carbonyl (C=O) groups excluding carboxylic acids is 2. The average molecular weight is 156 g/mol. The fourth-order valence-corrected chi connectivity index (χ4v) is 0.426. The van der Waals surface area contributed by atoms with Gasteiger partial charge in [0.1, 0.15) is 0 Å². The van der Waals surface area contributed by atoms with Crippen LogP contribution in [-0.4, -0.2) is 22.9 Å². The topological polar surface area (TPSA) is 49.4 Å². The first-order valence-corrected chi connectivity index (χ1v) is 3.21. The fourth-order valence-electron chi connectivity index (χ4n) is 0.426. The Morgan fingerprint density at radius 2 is 1.91 bits per heavy atom. The molecule has 0 unspecified atom stereocenters. The first-order valence-electron chi connectivity index (χ1n) is 3.21. The molecule has 62 valence electrons. The lowest BCUT2D eigenvalue weighted by molar-refractivity contribution is -0.115. The number of rotatable bonds is 1. The summed E-state index contributed by atoms with van der Waals surface area (Å²) in [5.74, 6) is -0.621. The van der Waals surface area contributed by atoms with Crippen molar-refractivity contribution < 1.29 is 9.59 Å². The second-order valence-electron chi connectivity index (χ2n) is 2.42. The van der Waals surface area contributed by atoms with Crippen molar-refractivity contribution in [1.29, 1.82) is 0 Å². The third-order valence-corrected chi connectivity index (χ3v) is 1.13. The lowest BCUT2D eigenvalue weighted by Gasteiger charge is -2.20. The Balaban J connectivity index is 3.93. The van der Waals surface area contributed by atoms with Gasteiger partial charge in [-0.3, -0.25) is 10.1 Å². The van der Waals surface area contributed by atoms with E-state index in [-0.39, 0.29) is 6.04 Å². The van der Waals surface area contributed by atoms with Gasteiger partial charge in [0.25, 0.3) is 0 Å². The second-order valence-corrected chi connectivity index (χ2v) is 2.42. The molecule has 0 aromatic heterocycles. The van der Waals surface area contributed by atoms with Gasteiger partial charge in [0, 0.05) is 20.0 Å². The van der Waals surface area contributed by atoms with Gasteiger partial charge >= 0.3 is 6.03 Å². The molecule has 0 aliphatic carbocycles. The van der Waals surface area contributed by atoms with Crippen molar-refractivity contribution in [3.8, 4) is 0 Å². The molecule has 0 atom stereocenters. The van der Waals surface area contributed by atoms with E-state index < -0.39 is 11.9 Å². The van der Waals surface area contributed by atoms with Gasteiger partial charge < -0.3 is 4.90 Å². The quantitative estimate of drug-likeness (QED) is 0.603. The molecule has 4 heteroatoms. The van der Waals surface area contributed by atoms with Gasteiger partial charge in [0.05, 0.1) is 0 Å². The van der Waals surface area contributed by atoms with Crippen molar-refractivity contribution >= 4 is 11.9 Å². The van der Waals surface area contributed by atoms with Crippen LogP contribution in [0, 0.1) is 14.0 Å². The zero-order chi connectivity index (χ0) is 9.02. The summed E-state index contributed by atoms with van der Waals surface area (Å²) in [7, 11) is 3.43. The molecule has 0 aromatic carbocycles. The van der Waals surface area contributed by atoms with E-state index in [1.807, 2.05) is 5.32 Å². The van der Waals surface area contributed by atoms with Crippen molar-refractivity contribution in [1.82, 2.24) is 10.2 Å². The van der Waals surface area contributed by atoms with E-state index in [2.05, 4.69) is 14.0 Å². The number of urea groups is 1. The molecule has 0 saturated carbocycles. The molecular formula is C7H12N2O2. The molecule has 0 aromatic rings. The smallest absolute Gasteiger partial charge is 0.320 e. The molecule has 4 nitrogen and oxygen atoms in total. The maximum atomic E-state index is 10.9. The maximum Gasteiger partial charge on any atom is 0.324 e. The number of amides is 3. The van der Waals surface area contributed by atoms with Gasteiger partial charge in [-0.2, -0.15) is 0 Å². The maximum absolute atomic E-state index is 10.9. The zero-order valence-electron chi connectivity index (χ0n) is 6.76. The van der Waals surface area contributed by atoms with Gasteiger partial charge in [-0.05, 0) is 13.8 Å². The molecule has 0 aliphatic rings. The first kappa shape index (κ1) is 9.94. The van der Waals surface area contributed by atoms with E-state index in [1.54, 1.807) is 13.8 Å². The van der Waals surface area contributed by atoms with Gasteiger partial charge in [0.2, 0.25) is 5.91 Å². The van der Waals surface area contributed by atoms with Crippen LogP contribution in [0.15, 0.2) is 0 Å². The van der Waals surface area contributed by atoms with Crippen LogP contribution in [0.25, 0.3) is 0 Å². The van der Waals surface area contributed by atoms with Crippen LogP contribution in [0.1, 0.15) is 13.8 Å². The number of nitrogens with one attached hydrogen (secondary N) is 1. The van der Waals surface area contributed by atoms with Crippen LogP contribution in [-0.2, 0) is 4.79 Å². The van der Waals surface area contributed by atoms with Crippen LogP contribution in [0.2, 0.25) is 0 Å². The molecule has 0 saturated heterocycles. The van der Waals surface area contributed by atoms with E-state index in [0.717, 1.165) is 0 Å². The van der Waals surface area contributed by atoms with Gasteiger partial charge in [0.15, 0.2) is 0 Å². The predicted molar refractivity (Wildman–Crippen MR) is 41.2 cm³/mol. The number of imide groups is 1. The SMILES string of the molecule is [CH2]C(=O)NC(=O)N([CH2])C(C)C. The van der Waals surface area contributed by atoms with E-state index in [0.29, 0.717) is 0 Å². The number of hydrogen-bond acceptors (Lipinski definition) is 2. The highest BCUT2D eigenvalue weighted by molar-refractivity contribution is 5.96. The normalized spacial score (nSPS) is 9.55. The summed E-state index contributed by atoms with van der Waals surface area (Å²) in [5, 5.41) is 2.00. The lowest BCUT2D eigenvalue weighted by atomic mass is 10.4. The van der Waals surface area contributed by atoms with Crippen LogP contribution in [0.4, 0.5) is 4.79 Å². The fraction of sp³-hybridized carbons (Fsp3) is 0.429. The molecule has 0 rings (SSSR count). The van der Waals surface area contributed by atoms with Crippen LogP contribution < -0.4 is 5.32 Å². The summed E-state index contributed by atoms with van der Waals surface area (Å²) < 4.78 is 0. The minimum atomic E-state index is -0.621. The summed E-state index contributed by atoms with van der Waals surface area (Å²) in [4.78, 5) is 22.3. The van der Waals surface area contributed by atoms with Crippen molar-refractivity contribution in [2.75, 3.05) is 0 Å². The highest BCUT2D eigenvalue weighted by Crippen LogP contribution is 1.94. The van der Waals surface area contributed by atoms with Crippen molar-refractivity contribution in [3.63, 3.8) is 0 Å². The Morgan fingerprint density at radius 3 is 2.18 bits per heavy atom. The van der Waals surface area contributed by atoms with E-state index in [9.17, 15) is 9.59 Å². The number of hydrogen-bond donors (Lipinski definition) is 1. The molecule has 3 amide bonds. The molecule has 11 heavy (non-hydrogen) atoms. The Kier molecular flexibility index (Phi) is 3.57. The highest BCUT2D eigenvalue weighted by Gasteiger charge is 2.11. The summed E-state index contributed by atoms with van der Waals surface area (Å²) in [6, 6.07) is -0.561. The highest BCUT2D eigenvalue weighted by atomic mass is 16.2. The van der Waals surface area contributed by atoms with Crippen molar-refractivity contribution in [2.24, 2.45) is 0 Å². The molecule has 0 spiro atoms. The minimum Gasteiger partial charge on any atom is -0.320 e. The van der Waals surface area contributed by atoms with E-state index in [1.165, 1.54) is 4.90 Å². The summed E-state index contributed by atoms with van der Waals surface area (Å²) >= 11 is 0. The van der Waals surface area contributed by atoms with Gasteiger partial charge in [-0.15, -0.1) is 0 Å². The first-order chi connectivity index (χ1) is 4.95. The molecule has 0 heterocycles. The van der Waals surface area contributed by atoms with Crippen LogP contribution in [0.3, 0.4) is 0 Å². The zero-order valence-corrected chi connectivity index (χ0v) is 6.76. The third kappa shape index (κ3) is 3.60. The summed E-state index contributed by atoms with van der Waals surface area (Å²) in [6.07, 6.45) is 0. The largest absolute Gasteiger partial charge is 0.324 e.